The van der Waals surface area contributed by atoms with Crippen molar-refractivity contribution >= 4 is 197 Å². The van der Waals surface area contributed by atoms with Gasteiger partial charge in [-0.05, 0) is 157 Å². The van der Waals surface area contributed by atoms with E-state index in [0.29, 0.717) is 124 Å². The van der Waals surface area contributed by atoms with Crippen molar-refractivity contribution in [1.29, 1.82) is 0 Å². The Balaban J connectivity index is 0.000000157. The predicted octanol–water partition coefficient (Wildman–Crippen LogP) is 16.0. The molecule has 0 aliphatic carbocycles. The van der Waals surface area contributed by atoms with E-state index in [9.17, 15) is 68.3 Å². The number of phosphoric acid groups is 2. The molecule has 140 heavy (non-hydrogen) atoms. The molecule has 8 aromatic carbocycles. The van der Waals surface area contributed by atoms with Gasteiger partial charge in [-0.1, -0.05) is 126 Å². The Bertz CT molecular complexity index is 7430. The number of imidazole rings is 4. The molecule has 20 N–H and O–H groups in total. The SMILES string of the molecule is CCCCc1nc2c(N)nc3ccc(CNC(=O)CCl)cc3c2n1Cc1ccc(O)c(C)c1.CCCCc1nc2c(N)nc3ccc(CNC(=O)CCl)cc3c2n1Cc1ccc(OP(=O)(O)O)c(C)c1.CCCCc1nc2c(N)nc3ccc(CNC(=O)CCl)cc3c2n1Cc1cccc(O)c1O.CCCCc1nc2c(N)nc3ccc(CNC(=O)CCl)cc3c2n1Cc1cccc(OP(=O)(O)O)c1O. The van der Waals surface area contributed by atoms with Gasteiger partial charge in [-0.15, -0.1) is 46.4 Å². The van der Waals surface area contributed by atoms with Crippen molar-refractivity contribution in [3.8, 4) is 34.5 Å². The number of amides is 4. The number of hydrogen-bond donors (Lipinski definition) is 16. The van der Waals surface area contributed by atoms with Gasteiger partial charge < -0.3 is 91.9 Å². The second-order valence-electron chi connectivity index (χ2n) is 33.6. The van der Waals surface area contributed by atoms with Crippen LogP contribution in [0.15, 0.2) is 146 Å². The summed E-state index contributed by atoms with van der Waals surface area (Å²) < 4.78 is 40.3. The molecule has 8 aromatic heterocycles. The number of carbonyl (C=O) groups excluding carboxylic acids is 4. The third kappa shape index (κ3) is 25.3. The topological polar surface area (TPSA) is 558 Å². The average molecular weight is 2030 g/mol. The monoisotopic (exact) mass is 2020 g/mol. The summed E-state index contributed by atoms with van der Waals surface area (Å²) in [4.78, 5) is 121. The number of aryl methyl sites for hydroxylation is 6. The third-order valence-electron chi connectivity index (χ3n) is 23.3. The van der Waals surface area contributed by atoms with E-state index in [2.05, 4.69) is 82.6 Å². The van der Waals surface area contributed by atoms with E-state index >= 15 is 0 Å². The molecule has 0 fully saturated rings. The van der Waals surface area contributed by atoms with Crippen molar-refractivity contribution in [2.75, 3.05) is 46.5 Å². The Morgan fingerprint density at radius 3 is 0.950 bits per heavy atom. The molecule has 0 bridgehead atoms. The largest absolute Gasteiger partial charge is 0.524 e. The van der Waals surface area contributed by atoms with Gasteiger partial charge in [0.15, 0.2) is 46.3 Å². The van der Waals surface area contributed by atoms with Crippen LogP contribution in [0.5, 0.6) is 34.5 Å². The number of phosphoric ester groups is 2. The maximum Gasteiger partial charge on any atom is 0.524 e. The molecule has 0 spiro atoms. The first-order valence-corrected chi connectivity index (χ1v) is 50.5. The number of benzene rings is 8. The number of hydrogen-bond acceptors (Lipinski definition) is 24. The Morgan fingerprint density at radius 1 is 0.350 bits per heavy atom. The minimum Gasteiger partial charge on any atom is -0.508 e. The van der Waals surface area contributed by atoms with Gasteiger partial charge in [-0.3, -0.25) is 38.8 Å². The molecule has 0 aliphatic rings. The van der Waals surface area contributed by atoms with Crippen LogP contribution >= 0.6 is 62.0 Å². The number of fused-ring (bicyclic) bond motifs is 12. The van der Waals surface area contributed by atoms with Gasteiger partial charge in [0.1, 0.15) is 80.4 Å². The molecule has 8 heterocycles. The number of aromatic hydroxyl groups is 4. The maximum atomic E-state index is 11.7. The fraction of sp³-hybridized carbons (Fsp3) is 0.306. The highest BCUT2D eigenvalue weighted by atomic mass is 35.5. The number of phenols is 4. The lowest BCUT2D eigenvalue weighted by Gasteiger charge is -2.15. The Kier molecular flexibility index (Phi) is 34.6. The van der Waals surface area contributed by atoms with Gasteiger partial charge in [-0.2, -0.15) is 0 Å². The van der Waals surface area contributed by atoms with E-state index in [1.54, 1.807) is 43.3 Å². The maximum absolute atomic E-state index is 11.7. The van der Waals surface area contributed by atoms with Gasteiger partial charge in [-0.25, -0.2) is 49.0 Å². The van der Waals surface area contributed by atoms with E-state index in [1.165, 1.54) is 18.2 Å². The van der Waals surface area contributed by atoms with Crippen LogP contribution in [0.25, 0.3) is 87.7 Å². The molecule has 16 rings (SSSR count). The molecular formula is C98H110Cl4N20O16P2. The van der Waals surface area contributed by atoms with Crippen LogP contribution in [-0.4, -0.2) is 145 Å². The van der Waals surface area contributed by atoms with Crippen molar-refractivity contribution in [3.63, 3.8) is 0 Å². The lowest BCUT2D eigenvalue weighted by molar-refractivity contribution is -0.119. The number of nitrogens with zero attached hydrogens (tertiary/aromatic N) is 12. The highest BCUT2D eigenvalue weighted by Crippen LogP contribution is 2.45. The number of alkyl halides is 4. The molecule has 16 aromatic rings. The molecule has 0 atom stereocenters. The van der Waals surface area contributed by atoms with Crippen molar-refractivity contribution in [3.05, 3.63) is 225 Å². The number of halogens is 4. The van der Waals surface area contributed by atoms with E-state index < -0.39 is 15.6 Å². The summed E-state index contributed by atoms with van der Waals surface area (Å²) in [5, 5.41) is 55.6. The smallest absolute Gasteiger partial charge is 0.508 e. The minimum atomic E-state index is -4.87. The quantitative estimate of drug-likeness (QED) is 0.00985. The summed E-state index contributed by atoms with van der Waals surface area (Å²) >= 11 is 22.4. The fourth-order valence-electron chi connectivity index (χ4n) is 16.4. The molecule has 0 saturated heterocycles. The van der Waals surface area contributed by atoms with Gasteiger partial charge in [0.05, 0.1) is 57.2 Å². The number of pyridine rings is 4. The molecule has 4 amide bonds. The Morgan fingerprint density at radius 2 is 0.643 bits per heavy atom. The van der Waals surface area contributed by atoms with E-state index in [1.807, 2.05) is 107 Å². The first kappa shape index (κ1) is 104. The second-order valence-corrected chi connectivity index (χ2v) is 37.0. The molecule has 42 heteroatoms. The number of anilines is 4. The van der Waals surface area contributed by atoms with Crippen LogP contribution in [0.4, 0.5) is 23.3 Å². The lowest BCUT2D eigenvalue weighted by Crippen LogP contribution is -2.23. The lowest BCUT2D eigenvalue weighted by atomic mass is 10.1. The number of para-hydroxylation sites is 2. The summed E-state index contributed by atoms with van der Waals surface area (Å²) in [5.74, 6) is 2.64. The number of carbonyl (C=O) groups is 4. The number of nitrogens with two attached hydrogens (primary N) is 4. The highest BCUT2D eigenvalue weighted by molar-refractivity contribution is 7.47. The minimum absolute atomic E-state index is 0.0739. The van der Waals surface area contributed by atoms with Crippen LogP contribution in [-0.2, 0) is 106 Å². The fourth-order valence-corrected chi connectivity index (χ4v) is 17.6. The van der Waals surface area contributed by atoms with Crippen LogP contribution in [0.1, 0.15) is 158 Å². The predicted molar refractivity (Wildman–Crippen MR) is 546 cm³/mol. The number of nitrogens with one attached hydrogen (secondary N) is 4. The highest BCUT2D eigenvalue weighted by Gasteiger charge is 2.28. The first-order chi connectivity index (χ1) is 67.0. The Hall–Kier alpha value is -13.4. The number of nitrogen functional groups attached to an aromatic ring is 4. The Labute approximate surface area is 824 Å². The summed E-state index contributed by atoms with van der Waals surface area (Å²) in [6.45, 7) is 14.9. The number of phenolic OH excluding ortho intramolecular Hbond substituents is 4. The molecule has 0 radical (unpaired) electrons. The van der Waals surface area contributed by atoms with Crippen LogP contribution in [0.2, 0.25) is 0 Å². The van der Waals surface area contributed by atoms with E-state index in [4.69, 9.17) is 93.8 Å². The van der Waals surface area contributed by atoms with Gasteiger partial charge >= 0.3 is 15.6 Å². The van der Waals surface area contributed by atoms with Gasteiger partial charge in [0.2, 0.25) is 23.6 Å². The molecular weight excluding hydrogens is 1920 g/mol. The normalized spacial score (nSPS) is 11.6. The van der Waals surface area contributed by atoms with Crippen LogP contribution < -0.4 is 53.2 Å². The molecule has 0 saturated carbocycles. The number of aromatic nitrogens is 12. The van der Waals surface area contributed by atoms with Crippen LogP contribution in [0.3, 0.4) is 0 Å². The second kappa shape index (κ2) is 46.6. The van der Waals surface area contributed by atoms with Crippen molar-refractivity contribution in [1.82, 2.24) is 79.4 Å². The zero-order valence-corrected chi connectivity index (χ0v) is 82.6. The van der Waals surface area contributed by atoms with E-state index in [-0.39, 0.29) is 101 Å². The number of unbranched alkanes of at least 4 members (excludes halogenated alkanes) is 4. The summed E-state index contributed by atoms with van der Waals surface area (Å²) in [5.41, 5.74) is 41.6. The summed E-state index contributed by atoms with van der Waals surface area (Å²) in [6, 6.07) is 43.0. The van der Waals surface area contributed by atoms with Crippen LogP contribution in [0, 0.1) is 13.8 Å². The zero-order chi connectivity index (χ0) is 101. The molecule has 0 unspecified atom stereocenters. The number of rotatable bonds is 36. The standard InChI is InChI=1S/C25H29ClN5O5P.C25H28ClN5O2.C24H27ClN5O6P.C24H26ClN5O3/c1-3-4-5-21-30-23-24(31(21)14-17-7-9-20(15(2)10-17)36-37(33,34)35)18-11-16(13-28-22(32)12-26)6-8-19(18)29-25(23)27;1-3-4-5-21-30-23-24(31(21)14-17-7-9-20(32)15(2)10-17)18-11-16(13-28-22(33)12-26)6-8-19(18)29-25(23)27;1-2-3-7-19-29-21-22(30(19)13-15-5-4-6-18(23(15)32)36-37(33,34)35)16-10-14(12-27-20(31)11-25)8-9-17(16)28-24(21)26;1-2-3-7-19-29-21-22(30(19)13-15-5-4-6-18(31)23(15)33)16-10-14(12-27-20(32)11-25)8-9-17(16)28-24(21)26/h6-11H,3-5,12-14H2,1-2H3,(H2,27,29)(H,28,32)(H2,33,34,35);6-11,32H,3-5,12-14H2,1-2H3,(H2,27,29)(H,28,33);4-6,8-10,32H,2-3,7,11-13H2,1H3,(H2,26,28)(H,27,31)(H2,33,34,35);4-6,8-10,31,33H,2-3,7,11-13H2,1H3,(H2,26,28)(H,27,32). The molecule has 36 nitrogen and oxygen atoms in total. The average Bonchev–Trinajstić information content (AvgIpc) is 1.60. The summed E-state index contributed by atoms with van der Waals surface area (Å²) in [7, 11) is -9.53. The molecule has 0 aliphatic heterocycles. The van der Waals surface area contributed by atoms with Crippen molar-refractivity contribution in [2.45, 2.75) is 171 Å². The van der Waals surface area contributed by atoms with Crippen molar-refractivity contribution < 1.29 is 77.4 Å². The zero-order valence-electron chi connectivity index (χ0n) is 77.8. The summed E-state index contributed by atoms with van der Waals surface area (Å²) in [6.07, 6.45) is 10.7. The van der Waals surface area contributed by atoms with Gasteiger partial charge in [0.25, 0.3) is 0 Å². The third-order valence-corrected chi connectivity index (χ3v) is 25.1. The van der Waals surface area contributed by atoms with E-state index in [0.717, 1.165) is 176 Å². The van der Waals surface area contributed by atoms with Crippen molar-refractivity contribution in [2.24, 2.45) is 0 Å². The molecule has 736 valence electrons. The van der Waals surface area contributed by atoms with Gasteiger partial charge in [0, 0.05) is 97.6 Å². The first-order valence-electron chi connectivity index (χ1n) is 45.3.